The van der Waals surface area contributed by atoms with E-state index in [9.17, 15) is 18.0 Å². The summed E-state index contributed by atoms with van der Waals surface area (Å²) in [6, 6.07) is 17.1. The monoisotopic (exact) mass is 679 g/mol. The first-order valence-corrected chi connectivity index (χ1v) is 17.8. The largest absolute Gasteiger partial charge is 0.492 e. The van der Waals surface area contributed by atoms with Crippen LogP contribution in [-0.4, -0.2) is 56.6 Å². The Labute approximate surface area is 275 Å². The molecule has 0 saturated heterocycles. The van der Waals surface area contributed by atoms with Crippen molar-refractivity contribution in [1.82, 2.24) is 10.2 Å². The number of hydrogen-bond donors (Lipinski definition) is 1. The van der Waals surface area contributed by atoms with Crippen molar-refractivity contribution in [3.05, 3.63) is 82.3 Å². The number of thioether (sulfide) groups is 1. The maximum absolute atomic E-state index is 14.3. The third-order valence-electron chi connectivity index (χ3n) is 7.08. The lowest BCUT2D eigenvalue weighted by atomic mass is 10.1. The van der Waals surface area contributed by atoms with Gasteiger partial charge in [0.05, 0.1) is 27.2 Å². The molecule has 0 spiro atoms. The smallest absolute Gasteiger partial charge is 0.264 e. The number of sulfonamides is 1. The predicted octanol–water partition coefficient (Wildman–Crippen LogP) is 7.03. The summed E-state index contributed by atoms with van der Waals surface area (Å²) in [7, 11) is -4.25. The highest BCUT2D eigenvalue weighted by molar-refractivity contribution is 7.98. The van der Waals surface area contributed by atoms with Crippen LogP contribution < -0.4 is 14.4 Å². The average molecular weight is 681 g/mol. The summed E-state index contributed by atoms with van der Waals surface area (Å²) in [6.07, 6.45) is 2.91. The number of hydrogen-bond acceptors (Lipinski definition) is 6. The van der Waals surface area contributed by atoms with E-state index in [2.05, 4.69) is 5.32 Å². The van der Waals surface area contributed by atoms with Gasteiger partial charge >= 0.3 is 0 Å². The zero-order valence-electron chi connectivity index (χ0n) is 25.5. The third-order valence-corrected chi connectivity index (χ3v) is 10.3. The van der Waals surface area contributed by atoms with E-state index in [4.69, 9.17) is 27.9 Å². The summed E-state index contributed by atoms with van der Waals surface area (Å²) in [5, 5.41) is 3.62. The summed E-state index contributed by atoms with van der Waals surface area (Å²) in [5.41, 5.74) is 0.850. The number of nitrogens with zero attached hydrogens (tertiary/aromatic N) is 2. The Bertz CT molecular complexity index is 1540. The van der Waals surface area contributed by atoms with E-state index in [0.29, 0.717) is 40.8 Å². The molecular formula is C32H39Cl2N3O5S2. The normalized spacial score (nSPS) is 12.7. The van der Waals surface area contributed by atoms with Crippen molar-refractivity contribution in [1.29, 1.82) is 0 Å². The zero-order valence-corrected chi connectivity index (χ0v) is 28.7. The van der Waals surface area contributed by atoms with E-state index >= 15 is 0 Å². The van der Waals surface area contributed by atoms with Crippen LogP contribution in [0.5, 0.6) is 5.75 Å². The molecule has 0 aliphatic carbocycles. The van der Waals surface area contributed by atoms with E-state index in [1.165, 1.54) is 28.8 Å². The van der Waals surface area contributed by atoms with Crippen LogP contribution in [0.25, 0.3) is 0 Å². The van der Waals surface area contributed by atoms with Crippen LogP contribution in [0.3, 0.4) is 0 Å². The fourth-order valence-electron chi connectivity index (χ4n) is 4.52. The number of carbonyl (C=O) groups excluding carboxylic acids is 2. The molecule has 2 amide bonds. The number of ether oxygens (including phenoxy) is 1. The predicted molar refractivity (Wildman–Crippen MR) is 179 cm³/mol. The molecule has 0 radical (unpaired) electrons. The number of rotatable bonds is 15. The highest BCUT2D eigenvalue weighted by atomic mass is 35.5. The number of amides is 2. The first-order valence-electron chi connectivity index (χ1n) is 14.4. The molecule has 2 atom stereocenters. The molecule has 3 rings (SSSR count). The van der Waals surface area contributed by atoms with Crippen LogP contribution in [-0.2, 0) is 26.2 Å². The van der Waals surface area contributed by atoms with Gasteiger partial charge in [0.2, 0.25) is 11.8 Å². The summed E-state index contributed by atoms with van der Waals surface area (Å²) < 4.78 is 35.3. The van der Waals surface area contributed by atoms with Gasteiger partial charge in [0.1, 0.15) is 18.3 Å². The molecule has 0 aliphatic heterocycles. The lowest BCUT2D eigenvalue weighted by molar-refractivity contribution is -0.140. The average Bonchev–Trinajstić information content (AvgIpc) is 3.01. The Morgan fingerprint density at radius 3 is 2.23 bits per heavy atom. The van der Waals surface area contributed by atoms with E-state index < -0.39 is 28.5 Å². The minimum absolute atomic E-state index is 0.00553. The van der Waals surface area contributed by atoms with Crippen molar-refractivity contribution in [2.45, 2.75) is 69.0 Å². The second-order valence-electron chi connectivity index (χ2n) is 10.1. The van der Waals surface area contributed by atoms with Crippen molar-refractivity contribution >= 4 is 62.5 Å². The Balaban J connectivity index is 2.13. The van der Waals surface area contributed by atoms with Crippen molar-refractivity contribution in [2.24, 2.45) is 0 Å². The summed E-state index contributed by atoms with van der Waals surface area (Å²) in [5.74, 6) is -0.588. The van der Waals surface area contributed by atoms with Crippen LogP contribution in [0.1, 0.15) is 46.1 Å². The molecule has 0 fully saturated rings. The zero-order chi connectivity index (χ0) is 32.4. The van der Waals surface area contributed by atoms with E-state index in [1.54, 1.807) is 61.5 Å². The van der Waals surface area contributed by atoms with Crippen LogP contribution in [0.15, 0.2) is 76.5 Å². The molecule has 0 saturated carbocycles. The van der Waals surface area contributed by atoms with Crippen molar-refractivity contribution < 1.29 is 22.7 Å². The molecule has 3 aromatic rings. The lowest BCUT2D eigenvalue weighted by Crippen LogP contribution is -2.53. The van der Waals surface area contributed by atoms with Gasteiger partial charge in [0.15, 0.2) is 0 Å². The van der Waals surface area contributed by atoms with Crippen LogP contribution in [0.4, 0.5) is 5.69 Å². The molecule has 12 heteroatoms. The number of halogens is 2. The van der Waals surface area contributed by atoms with Crippen LogP contribution in [0.2, 0.25) is 10.0 Å². The first-order chi connectivity index (χ1) is 21.0. The van der Waals surface area contributed by atoms with Gasteiger partial charge in [0.25, 0.3) is 10.0 Å². The van der Waals surface area contributed by atoms with E-state index in [-0.39, 0.29) is 29.1 Å². The molecule has 2 unspecified atom stereocenters. The van der Waals surface area contributed by atoms with Gasteiger partial charge in [-0.1, -0.05) is 55.2 Å². The Hall–Kier alpha value is -2.92. The van der Waals surface area contributed by atoms with Gasteiger partial charge in [-0.25, -0.2) is 8.42 Å². The standard InChI is InChI=1S/C32H39Cl2N3O5S2/c1-6-22(4)35-32(39)28(7-2)36(20-23-13-18-26(33)27(34)19-23)31(38)21-37(29-11-9-10-12-30(29)42-8-3)44(40,41)25-16-14-24(43-5)15-17-25/h9-19,22,28H,6-8,20-21H2,1-5H3,(H,35,39). The molecule has 8 nitrogen and oxygen atoms in total. The molecule has 0 heterocycles. The molecular weight excluding hydrogens is 641 g/mol. The van der Waals surface area contributed by atoms with Gasteiger partial charge in [-0.3, -0.25) is 13.9 Å². The Morgan fingerprint density at radius 1 is 0.955 bits per heavy atom. The topological polar surface area (TPSA) is 96.0 Å². The first kappa shape index (κ1) is 35.6. The summed E-state index contributed by atoms with van der Waals surface area (Å²) >= 11 is 13.9. The fraction of sp³-hybridized carbons (Fsp3) is 0.375. The van der Waals surface area contributed by atoms with Gasteiger partial charge in [-0.05, 0) is 87.0 Å². The summed E-state index contributed by atoms with van der Waals surface area (Å²) in [6.45, 7) is 7.16. The number of carbonyl (C=O) groups is 2. The van der Waals surface area contributed by atoms with E-state index in [1.807, 2.05) is 27.0 Å². The second-order valence-corrected chi connectivity index (χ2v) is 13.7. The molecule has 0 bridgehead atoms. The van der Waals surface area contributed by atoms with Gasteiger partial charge in [-0.15, -0.1) is 11.8 Å². The van der Waals surface area contributed by atoms with Crippen LogP contribution in [0, 0.1) is 0 Å². The number of nitrogens with one attached hydrogen (secondary N) is 1. The fourth-order valence-corrected chi connectivity index (χ4v) is 6.68. The molecule has 1 N–H and O–H groups in total. The van der Waals surface area contributed by atoms with Crippen LogP contribution >= 0.6 is 35.0 Å². The third kappa shape index (κ3) is 8.84. The minimum atomic E-state index is -4.25. The second kappa shape index (κ2) is 16.4. The number of benzene rings is 3. The van der Waals surface area contributed by atoms with Gasteiger partial charge in [-0.2, -0.15) is 0 Å². The number of anilines is 1. The summed E-state index contributed by atoms with van der Waals surface area (Å²) in [4.78, 5) is 30.1. The highest BCUT2D eigenvalue weighted by Gasteiger charge is 2.35. The maximum atomic E-state index is 14.3. The van der Waals surface area contributed by atoms with Crippen molar-refractivity contribution in [2.75, 3.05) is 23.7 Å². The lowest BCUT2D eigenvalue weighted by Gasteiger charge is -2.34. The quantitative estimate of drug-likeness (QED) is 0.173. The van der Waals surface area contributed by atoms with Gasteiger partial charge in [0, 0.05) is 17.5 Å². The van der Waals surface area contributed by atoms with Crippen molar-refractivity contribution in [3.8, 4) is 5.75 Å². The highest BCUT2D eigenvalue weighted by Crippen LogP contribution is 2.33. The Morgan fingerprint density at radius 2 is 1.64 bits per heavy atom. The molecule has 3 aromatic carbocycles. The number of para-hydroxylation sites is 2. The molecule has 0 aromatic heterocycles. The minimum Gasteiger partial charge on any atom is -0.492 e. The maximum Gasteiger partial charge on any atom is 0.264 e. The SMILES string of the molecule is CCOc1ccccc1N(CC(=O)N(Cc1ccc(Cl)c(Cl)c1)C(CC)C(=O)NC(C)CC)S(=O)(=O)c1ccc(SC)cc1. The molecule has 0 aliphatic rings. The van der Waals surface area contributed by atoms with Gasteiger partial charge < -0.3 is 15.0 Å². The van der Waals surface area contributed by atoms with E-state index in [0.717, 1.165) is 9.20 Å². The van der Waals surface area contributed by atoms with Crippen molar-refractivity contribution in [3.63, 3.8) is 0 Å². The molecule has 44 heavy (non-hydrogen) atoms. The molecule has 238 valence electrons. The Kier molecular flexibility index (Phi) is 13.3.